The molecule has 2 fully saturated rings. The van der Waals surface area contributed by atoms with E-state index in [9.17, 15) is 19.5 Å². The molecule has 6 rings (SSSR count). The highest BCUT2D eigenvalue weighted by atomic mass is 32.1. The third kappa shape index (κ3) is 4.20. The van der Waals surface area contributed by atoms with Gasteiger partial charge in [-0.3, -0.25) is 9.59 Å². The lowest BCUT2D eigenvalue weighted by molar-refractivity contribution is -0.158. The van der Waals surface area contributed by atoms with E-state index in [2.05, 4.69) is 20.8 Å². The Hall–Kier alpha value is -3.65. The highest BCUT2D eigenvalue weighted by Gasteiger charge is 2.66. The minimum atomic E-state index is -1.67. The summed E-state index contributed by atoms with van der Waals surface area (Å²) in [6.07, 6.45) is 1.43. The van der Waals surface area contributed by atoms with Crippen LogP contribution >= 0.6 is 11.3 Å². The number of carboxylic acid groups (broad SMARTS) is 1. The van der Waals surface area contributed by atoms with Gasteiger partial charge in [0.05, 0.1) is 16.8 Å². The lowest BCUT2D eigenvalue weighted by Gasteiger charge is -2.38. The van der Waals surface area contributed by atoms with Crippen LogP contribution in [-0.4, -0.2) is 40.0 Å². The molecule has 4 atom stereocenters. The highest BCUT2D eigenvalue weighted by Crippen LogP contribution is 2.58. The molecular formula is C32H33NO6S. The van der Waals surface area contributed by atoms with Crippen LogP contribution in [0.3, 0.4) is 0 Å². The van der Waals surface area contributed by atoms with Crippen molar-refractivity contribution in [3.8, 4) is 11.5 Å². The van der Waals surface area contributed by atoms with E-state index in [1.165, 1.54) is 16.2 Å². The Labute approximate surface area is 237 Å². The number of carbonyl (C=O) groups is 3. The van der Waals surface area contributed by atoms with Crippen LogP contribution in [0, 0.1) is 11.8 Å². The summed E-state index contributed by atoms with van der Waals surface area (Å²) in [4.78, 5) is 43.9. The maximum atomic E-state index is 14.4. The Morgan fingerprint density at radius 2 is 1.65 bits per heavy atom. The molecule has 0 spiro atoms. The van der Waals surface area contributed by atoms with Gasteiger partial charge in [0.2, 0.25) is 12.7 Å². The van der Waals surface area contributed by atoms with Crippen LogP contribution in [0.25, 0.3) is 0 Å². The first kappa shape index (κ1) is 26.6. The van der Waals surface area contributed by atoms with Gasteiger partial charge in [-0.25, -0.2) is 4.79 Å². The van der Waals surface area contributed by atoms with E-state index in [1.807, 2.05) is 41.8 Å². The molecule has 1 aliphatic carbocycles. The third-order valence-corrected chi connectivity index (χ3v) is 9.51. The number of benzene rings is 2. The molecule has 40 heavy (non-hydrogen) atoms. The monoisotopic (exact) mass is 559 g/mol. The SMILES string of the molecule is CC(C)(C)c1ccc(C2C(C(=O)c3cccs3)C(c3ccc4c(c3)OCO4)N(C(=O)C3CC3)C2(C)C(=O)O)cc1. The molecular weight excluding hydrogens is 526 g/mol. The molecule has 2 aromatic carbocycles. The number of hydrogen-bond donors (Lipinski definition) is 1. The van der Waals surface area contributed by atoms with Crippen molar-refractivity contribution in [2.75, 3.05) is 6.79 Å². The molecule has 7 nitrogen and oxygen atoms in total. The fraction of sp³-hybridized carbons (Fsp3) is 0.406. The predicted octanol–water partition coefficient (Wildman–Crippen LogP) is 6.19. The fourth-order valence-corrected chi connectivity index (χ4v) is 7.03. The number of rotatable bonds is 6. The molecule has 0 radical (unpaired) electrons. The van der Waals surface area contributed by atoms with Gasteiger partial charge in [-0.15, -0.1) is 11.3 Å². The maximum Gasteiger partial charge on any atom is 0.330 e. The Balaban J connectivity index is 1.59. The molecule has 1 amide bonds. The van der Waals surface area contributed by atoms with E-state index in [-0.39, 0.29) is 29.8 Å². The molecule has 1 N–H and O–H groups in total. The first-order chi connectivity index (χ1) is 19.0. The standard InChI is InChI=1S/C32H33NO6S/c1-31(2,3)21-12-9-18(10-13-21)26-25(28(34)24-6-5-15-40-24)27(20-11-14-22-23(16-20)39-17-38-22)33(29(35)19-7-8-19)32(26,4)30(36)37/h5-6,9-16,19,25-27H,7-8,17H2,1-4H3,(H,36,37). The van der Waals surface area contributed by atoms with Gasteiger partial charge in [0, 0.05) is 11.8 Å². The van der Waals surface area contributed by atoms with Crippen LogP contribution in [0.4, 0.5) is 0 Å². The van der Waals surface area contributed by atoms with Crippen molar-refractivity contribution < 1.29 is 29.0 Å². The number of carboxylic acids is 1. The molecule has 3 aliphatic rings. The molecule has 3 heterocycles. The molecule has 1 aromatic heterocycles. The number of fused-ring (bicyclic) bond motifs is 1. The van der Waals surface area contributed by atoms with E-state index in [1.54, 1.807) is 25.1 Å². The first-order valence-corrected chi connectivity index (χ1v) is 14.5. The predicted molar refractivity (Wildman–Crippen MR) is 151 cm³/mol. The molecule has 208 valence electrons. The largest absolute Gasteiger partial charge is 0.479 e. The number of thiophene rings is 1. The number of nitrogens with zero attached hydrogens (tertiary/aromatic N) is 1. The van der Waals surface area contributed by atoms with Crippen molar-refractivity contribution in [2.45, 2.75) is 63.5 Å². The van der Waals surface area contributed by atoms with Gasteiger partial charge in [0.25, 0.3) is 0 Å². The van der Waals surface area contributed by atoms with E-state index in [4.69, 9.17) is 9.47 Å². The van der Waals surface area contributed by atoms with Crippen LogP contribution in [0.1, 0.15) is 78.9 Å². The van der Waals surface area contributed by atoms with E-state index >= 15 is 0 Å². The summed E-state index contributed by atoms with van der Waals surface area (Å²) in [5, 5.41) is 12.8. The van der Waals surface area contributed by atoms with Crippen molar-refractivity contribution >= 4 is 29.0 Å². The topological polar surface area (TPSA) is 93.1 Å². The molecule has 1 saturated heterocycles. The van der Waals surface area contributed by atoms with Gasteiger partial charge in [-0.1, -0.05) is 57.2 Å². The molecule has 2 aliphatic heterocycles. The molecule has 8 heteroatoms. The van der Waals surface area contributed by atoms with Crippen molar-refractivity contribution in [1.82, 2.24) is 4.90 Å². The molecule has 1 saturated carbocycles. The summed E-state index contributed by atoms with van der Waals surface area (Å²) in [6, 6.07) is 16.1. The molecule has 4 unspecified atom stereocenters. The summed E-state index contributed by atoms with van der Waals surface area (Å²) < 4.78 is 11.2. The second-order valence-electron chi connectivity index (χ2n) is 12.2. The van der Waals surface area contributed by atoms with Crippen molar-refractivity contribution in [3.63, 3.8) is 0 Å². The minimum Gasteiger partial charge on any atom is -0.479 e. The summed E-state index contributed by atoms with van der Waals surface area (Å²) in [6.45, 7) is 8.05. The zero-order valence-electron chi connectivity index (χ0n) is 23.0. The smallest absolute Gasteiger partial charge is 0.330 e. The number of Topliss-reactive ketones (excluding diaryl/α,β-unsaturated/α-hetero) is 1. The number of carbonyl (C=O) groups excluding carboxylic acids is 2. The fourth-order valence-electron chi connectivity index (χ4n) is 6.31. The summed E-state index contributed by atoms with van der Waals surface area (Å²) in [5.41, 5.74) is 0.728. The molecule has 0 bridgehead atoms. The van der Waals surface area contributed by atoms with Gasteiger partial charge in [0.1, 0.15) is 5.54 Å². The summed E-state index contributed by atoms with van der Waals surface area (Å²) in [7, 11) is 0. The Kier molecular flexibility index (Phi) is 6.29. The summed E-state index contributed by atoms with van der Waals surface area (Å²) >= 11 is 1.33. The zero-order valence-corrected chi connectivity index (χ0v) is 23.9. The van der Waals surface area contributed by atoms with Crippen LogP contribution in [0.2, 0.25) is 0 Å². The van der Waals surface area contributed by atoms with Gasteiger partial charge >= 0.3 is 5.97 Å². The quantitative estimate of drug-likeness (QED) is 0.362. The summed E-state index contributed by atoms with van der Waals surface area (Å²) in [5.74, 6) is -2.26. The lowest BCUT2D eigenvalue weighted by atomic mass is 9.72. The minimum absolute atomic E-state index is 0.0846. The number of hydrogen-bond acceptors (Lipinski definition) is 6. The third-order valence-electron chi connectivity index (χ3n) is 8.62. The Morgan fingerprint density at radius 3 is 2.25 bits per heavy atom. The van der Waals surface area contributed by atoms with Gasteiger partial charge in [-0.05, 0) is 65.4 Å². The van der Waals surface area contributed by atoms with E-state index in [0.717, 1.165) is 11.1 Å². The van der Waals surface area contributed by atoms with Crippen molar-refractivity contribution in [2.24, 2.45) is 11.8 Å². The van der Waals surface area contributed by atoms with Crippen LogP contribution in [-0.2, 0) is 15.0 Å². The maximum absolute atomic E-state index is 14.4. The van der Waals surface area contributed by atoms with Crippen molar-refractivity contribution in [3.05, 3.63) is 81.5 Å². The van der Waals surface area contributed by atoms with Gasteiger partial charge < -0.3 is 19.5 Å². The number of ketones is 1. The highest BCUT2D eigenvalue weighted by molar-refractivity contribution is 7.12. The Morgan fingerprint density at radius 1 is 0.975 bits per heavy atom. The Bertz CT molecular complexity index is 1470. The first-order valence-electron chi connectivity index (χ1n) is 13.7. The number of likely N-dealkylation sites (tertiary alicyclic amines) is 1. The van der Waals surface area contributed by atoms with Gasteiger partial charge in [-0.2, -0.15) is 0 Å². The lowest BCUT2D eigenvalue weighted by Crippen LogP contribution is -2.54. The zero-order chi connectivity index (χ0) is 28.4. The number of amides is 1. The number of ether oxygens (including phenoxy) is 2. The van der Waals surface area contributed by atoms with Crippen LogP contribution < -0.4 is 9.47 Å². The second kappa shape index (κ2) is 9.47. The molecule has 3 aromatic rings. The van der Waals surface area contributed by atoms with Gasteiger partial charge in [0.15, 0.2) is 17.3 Å². The average molecular weight is 560 g/mol. The van der Waals surface area contributed by atoms with Crippen molar-refractivity contribution in [1.29, 1.82) is 0 Å². The van der Waals surface area contributed by atoms with Crippen LogP contribution in [0.15, 0.2) is 60.0 Å². The van der Waals surface area contributed by atoms with Crippen LogP contribution in [0.5, 0.6) is 11.5 Å². The normalized spacial score (nSPS) is 25.7. The number of aliphatic carboxylic acids is 1. The van der Waals surface area contributed by atoms with E-state index < -0.39 is 29.4 Å². The van der Waals surface area contributed by atoms with E-state index in [0.29, 0.717) is 34.8 Å². The average Bonchev–Trinajstić information content (AvgIpc) is 3.32. The second-order valence-corrected chi connectivity index (χ2v) is 13.2.